The first-order valence-electron chi connectivity index (χ1n) is 9.14. The fourth-order valence-corrected chi connectivity index (χ4v) is 6.42. The van der Waals surface area contributed by atoms with Gasteiger partial charge in [0.05, 0.1) is 11.0 Å². The highest BCUT2D eigenvalue weighted by Crippen LogP contribution is 2.44. The third-order valence-electron chi connectivity index (χ3n) is 4.97. The number of rotatable bonds is 3. The molecule has 0 aliphatic heterocycles. The maximum atomic E-state index is 14.8. The Morgan fingerprint density at radius 3 is 1.82 bits per heavy atom. The van der Waals surface area contributed by atoms with Gasteiger partial charge in [-0.2, -0.15) is 0 Å². The van der Waals surface area contributed by atoms with Crippen molar-refractivity contribution in [2.24, 2.45) is 0 Å². The van der Waals surface area contributed by atoms with Gasteiger partial charge in [0.15, 0.2) is 7.14 Å². The molecule has 0 saturated carbocycles. The lowest BCUT2D eigenvalue weighted by atomic mass is 10.1. The van der Waals surface area contributed by atoms with E-state index in [-0.39, 0.29) is 0 Å². The summed E-state index contributed by atoms with van der Waals surface area (Å²) in [5.74, 6) is 0. The second kappa shape index (κ2) is 6.70. The minimum atomic E-state index is -3.17. The molecule has 3 nitrogen and oxygen atoms in total. The van der Waals surface area contributed by atoms with Gasteiger partial charge in [-0.1, -0.05) is 84.9 Å². The van der Waals surface area contributed by atoms with Crippen molar-refractivity contribution in [2.45, 2.75) is 0 Å². The van der Waals surface area contributed by atoms with Gasteiger partial charge in [-0.3, -0.25) is 4.98 Å². The average Bonchev–Trinajstić information content (AvgIpc) is 2.79. The number of hydrogen-bond acceptors (Lipinski definition) is 3. The van der Waals surface area contributed by atoms with E-state index in [1.54, 1.807) is 6.20 Å². The lowest BCUT2D eigenvalue weighted by Crippen LogP contribution is -2.27. The molecule has 5 aromatic rings. The molecule has 0 unspecified atom stereocenters. The molecule has 0 N–H and O–H groups in total. The maximum Gasteiger partial charge on any atom is 0.189 e. The van der Waals surface area contributed by atoms with Crippen molar-refractivity contribution >= 4 is 45.0 Å². The Kier molecular flexibility index (Phi) is 4.03. The lowest BCUT2D eigenvalue weighted by Gasteiger charge is -2.21. The Morgan fingerprint density at radius 2 is 1.18 bits per heavy atom. The summed E-state index contributed by atoms with van der Waals surface area (Å²) in [6.07, 6.45) is 1.77. The topological polar surface area (TPSA) is 42.9 Å². The van der Waals surface area contributed by atoms with Crippen LogP contribution in [-0.2, 0) is 4.57 Å². The summed E-state index contributed by atoms with van der Waals surface area (Å²) in [6, 6.07) is 31.0. The van der Waals surface area contributed by atoms with Gasteiger partial charge in [-0.05, 0) is 12.1 Å². The Labute approximate surface area is 163 Å². The summed E-state index contributed by atoms with van der Waals surface area (Å²) >= 11 is 0. The molecule has 134 valence electrons. The van der Waals surface area contributed by atoms with E-state index in [4.69, 9.17) is 4.98 Å². The monoisotopic (exact) mass is 380 g/mol. The molecule has 3 aromatic carbocycles. The number of pyridine rings is 2. The Balaban J connectivity index is 1.96. The van der Waals surface area contributed by atoms with Crippen molar-refractivity contribution in [1.82, 2.24) is 9.97 Å². The second-order valence-corrected chi connectivity index (χ2v) is 9.31. The van der Waals surface area contributed by atoms with Gasteiger partial charge in [-0.15, -0.1) is 0 Å². The molecule has 2 aromatic heterocycles. The molecule has 0 fully saturated rings. The smallest absolute Gasteiger partial charge is 0.189 e. The average molecular weight is 380 g/mol. The van der Waals surface area contributed by atoms with Crippen molar-refractivity contribution in [2.75, 3.05) is 0 Å². The minimum absolute atomic E-state index is 0.612. The number of nitrogens with zero attached hydrogens (tertiary/aromatic N) is 2. The van der Waals surface area contributed by atoms with Crippen LogP contribution in [0, 0.1) is 0 Å². The zero-order valence-electron chi connectivity index (χ0n) is 15.1. The van der Waals surface area contributed by atoms with E-state index < -0.39 is 7.14 Å². The van der Waals surface area contributed by atoms with Crippen LogP contribution in [0.25, 0.3) is 21.8 Å². The molecule has 2 heterocycles. The van der Waals surface area contributed by atoms with Crippen molar-refractivity contribution in [3.8, 4) is 0 Å². The molecule has 0 bridgehead atoms. The maximum absolute atomic E-state index is 14.8. The summed E-state index contributed by atoms with van der Waals surface area (Å²) in [6.45, 7) is 0. The molecule has 5 rings (SSSR count). The molecule has 0 aliphatic carbocycles. The van der Waals surface area contributed by atoms with E-state index in [1.807, 2.05) is 97.1 Å². The Morgan fingerprint density at radius 1 is 0.607 bits per heavy atom. The van der Waals surface area contributed by atoms with Crippen molar-refractivity contribution in [1.29, 1.82) is 0 Å². The number of hydrogen-bond donors (Lipinski definition) is 0. The fourth-order valence-electron chi connectivity index (χ4n) is 3.66. The van der Waals surface area contributed by atoms with Crippen molar-refractivity contribution in [3.63, 3.8) is 0 Å². The highest BCUT2D eigenvalue weighted by molar-refractivity contribution is 7.85. The number of fused-ring (bicyclic) bond motifs is 3. The van der Waals surface area contributed by atoms with Crippen molar-refractivity contribution < 1.29 is 4.57 Å². The molecular weight excluding hydrogens is 363 g/mol. The summed E-state index contributed by atoms with van der Waals surface area (Å²) in [7, 11) is -3.17. The summed E-state index contributed by atoms with van der Waals surface area (Å²) in [5.41, 5.74) is 2.19. The number of aromatic nitrogens is 2. The minimum Gasteiger partial charge on any atom is -0.307 e. The van der Waals surface area contributed by atoms with Crippen LogP contribution in [-0.4, -0.2) is 9.97 Å². The predicted octanol–water partition coefficient (Wildman–Crippen LogP) is 4.42. The highest BCUT2D eigenvalue weighted by atomic mass is 31.2. The SMILES string of the molecule is O=P(c1ccccc1)(c1ccccc1)c1nc2cccnc2c2ccccc12. The third kappa shape index (κ3) is 2.56. The van der Waals surface area contributed by atoms with Gasteiger partial charge in [-0.25, -0.2) is 4.98 Å². The second-order valence-electron chi connectivity index (χ2n) is 6.63. The fraction of sp³-hybridized carbons (Fsp3) is 0. The molecule has 0 amide bonds. The standard InChI is InChI=1S/C24H17N2OP/c27-28(18-10-3-1-4-11-18,19-12-5-2-6-13-19)24-21-15-8-7-14-20(21)23-22(26-24)16-9-17-25-23/h1-17H. The van der Waals surface area contributed by atoms with Gasteiger partial charge < -0.3 is 4.57 Å². The molecule has 0 radical (unpaired) electrons. The Bertz CT molecular complexity index is 1290. The number of benzene rings is 3. The van der Waals surface area contributed by atoms with Crippen LogP contribution in [0.5, 0.6) is 0 Å². The van der Waals surface area contributed by atoms with Gasteiger partial charge in [0.2, 0.25) is 0 Å². The van der Waals surface area contributed by atoms with Crippen LogP contribution in [0.4, 0.5) is 0 Å². The zero-order valence-corrected chi connectivity index (χ0v) is 16.0. The first-order valence-corrected chi connectivity index (χ1v) is 10.8. The Hall–Kier alpha value is -3.29. The van der Waals surface area contributed by atoms with Gasteiger partial charge >= 0.3 is 0 Å². The van der Waals surface area contributed by atoms with Gasteiger partial charge in [0, 0.05) is 27.6 Å². The normalized spacial score (nSPS) is 11.7. The van der Waals surface area contributed by atoms with Crippen LogP contribution < -0.4 is 16.0 Å². The van der Waals surface area contributed by atoms with Crippen LogP contribution >= 0.6 is 7.14 Å². The van der Waals surface area contributed by atoms with Gasteiger partial charge in [0.25, 0.3) is 0 Å². The van der Waals surface area contributed by atoms with E-state index in [0.29, 0.717) is 5.44 Å². The largest absolute Gasteiger partial charge is 0.307 e. The van der Waals surface area contributed by atoms with E-state index in [9.17, 15) is 4.57 Å². The molecule has 0 atom stereocenters. The van der Waals surface area contributed by atoms with E-state index in [1.165, 1.54) is 0 Å². The summed E-state index contributed by atoms with van der Waals surface area (Å²) in [4.78, 5) is 9.43. The molecular formula is C24H17N2OP. The summed E-state index contributed by atoms with van der Waals surface area (Å²) < 4.78 is 14.8. The van der Waals surface area contributed by atoms with E-state index in [2.05, 4.69) is 4.98 Å². The quantitative estimate of drug-likeness (QED) is 0.344. The first kappa shape index (κ1) is 16.9. The van der Waals surface area contributed by atoms with Crippen LogP contribution in [0.2, 0.25) is 0 Å². The van der Waals surface area contributed by atoms with Crippen molar-refractivity contribution in [3.05, 3.63) is 103 Å². The third-order valence-corrected chi connectivity index (χ3v) is 7.96. The molecule has 0 spiro atoms. The molecule has 0 aliphatic rings. The predicted molar refractivity (Wildman–Crippen MR) is 116 cm³/mol. The van der Waals surface area contributed by atoms with Gasteiger partial charge in [0.1, 0.15) is 5.44 Å². The lowest BCUT2D eigenvalue weighted by molar-refractivity contribution is 0.592. The molecule has 28 heavy (non-hydrogen) atoms. The van der Waals surface area contributed by atoms with E-state index in [0.717, 1.165) is 32.4 Å². The molecule has 4 heteroatoms. The first-order chi connectivity index (χ1) is 13.8. The van der Waals surface area contributed by atoms with Crippen LogP contribution in [0.3, 0.4) is 0 Å². The van der Waals surface area contributed by atoms with E-state index >= 15 is 0 Å². The zero-order chi connectivity index (χ0) is 19.0. The summed E-state index contributed by atoms with van der Waals surface area (Å²) in [5, 5.41) is 3.41. The van der Waals surface area contributed by atoms with Crippen LogP contribution in [0.15, 0.2) is 103 Å². The van der Waals surface area contributed by atoms with Crippen LogP contribution in [0.1, 0.15) is 0 Å². The highest BCUT2D eigenvalue weighted by Gasteiger charge is 2.33. The molecule has 0 saturated heterocycles.